The van der Waals surface area contributed by atoms with Gasteiger partial charge in [-0.3, -0.25) is 0 Å². The molecule has 9 nitrogen and oxygen atoms in total. The van der Waals surface area contributed by atoms with Crippen molar-refractivity contribution in [1.29, 1.82) is 0 Å². The Bertz CT molecular complexity index is 1130. The van der Waals surface area contributed by atoms with Gasteiger partial charge < -0.3 is 15.8 Å². The molecule has 1 heterocycles. The van der Waals surface area contributed by atoms with Gasteiger partial charge in [-0.2, -0.15) is 0 Å². The Morgan fingerprint density at radius 1 is 1.18 bits per heavy atom. The summed E-state index contributed by atoms with van der Waals surface area (Å²) < 4.78 is 34.3. The molecule has 0 bridgehead atoms. The summed E-state index contributed by atoms with van der Waals surface area (Å²) in [5, 5.41) is 2.98. The van der Waals surface area contributed by atoms with Crippen molar-refractivity contribution < 1.29 is 17.9 Å². The monoisotopic (exact) mass is 495 g/mol. The van der Waals surface area contributed by atoms with Gasteiger partial charge >= 0.3 is 6.09 Å². The van der Waals surface area contributed by atoms with Crippen LogP contribution in [0.2, 0.25) is 5.02 Å². The van der Waals surface area contributed by atoms with E-state index < -0.39 is 21.7 Å². The van der Waals surface area contributed by atoms with Crippen LogP contribution < -0.4 is 15.8 Å². The Morgan fingerprint density at radius 3 is 2.42 bits per heavy atom. The van der Waals surface area contributed by atoms with E-state index in [2.05, 4.69) is 20.0 Å². The van der Waals surface area contributed by atoms with E-state index in [-0.39, 0.29) is 28.0 Å². The van der Waals surface area contributed by atoms with Crippen LogP contribution in [-0.2, 0) is 14.8 Å². The van der Waals surface area contributed by atoms with Crippen molar-refractivity contribution in [2.24, 2.45) is 0 Å². The molecule has 1 aliphatic rings. The van der Waals surface area contributed by atoms with Crippen molar-refractivity contribution in [1.82, 2.24) is 20.0 Å². The summed E-state index contributed by atoms with van der Waals surface area (Å²) in [4.78, 5) is 20.1. The number of alkyl carbamates (subject to hydrolysis) is 1. The van der Waals surface area contributed by atoms with Crippen molar-refractivity contribution in [3.63, 3.8) is 0 Å². The van der Waals surface area contributed by atoms with Gasteiger partial charge in [-0.25, -0.2) is 27.9 Å². The number of benzene rings is 1. The number of halogens is 1. The van der Waals surface area contributed by atoms with E-state index in [0.29, 0.717) is 42.5 Å². The van der Waals surface area contributed by atoms with Crippen LogP contribution >= 0.6 is 11.6 Å². The third-order valence-electron chi connectivity index (χ3n) is 5.30. The number of nitrogen functional groups attached to an aromatic ring is 1. The molecule has 2 aromatic rings. The number of ether oxygens (including phenoxy) is 1. The molecule has 0 unspecified atom stereocenters. The number of nitrogens with two attached hydrogens (primary N) is 1. The lowest BCUT2D eigenvalue weighted by Crippen LogP contribution is -2.45. The summed E-state index contributed by atoms with van der Waals surface area (Å²) >= 11 is 6.25. The molecule has 1 aromatic carbocycles. The number of aryl methyl sites for hydroxylation is 1. The van der Waals surface area contributed by atoms with Crippen LogP contribution in [0.15, 0.2) is 29.3 Å². The number of aromatic nitrogens is 2. The van der Waals surface area contributed by atoms with Crippen LogP contribution in [0.1, 0.15) is 52.1 Å². The number of nitrogens with zero attached hydrogens (tertiary/aromatic N) is 2. The molecule has 1 aliphatic carbocycles. The summed E-state index contributed by atoms with van der Waals surface area (Å²) in [5.74, 6) is 0.150. The van der Waals surface area contributed by atoms with Gasteiger partial charge in [0.25, 0.3) is 0 Å². The fourth-order valence-electron chi connectivity index (χ4n) is 3.76. The topological polar surface area (TPSA) is 136 Å². The minimum absolute atomic E-state index is 0.00750. The molecular formula is C22H30ClN5O4S. The SMILES string of the molecule is Cc1nc(N)ncc1-c1ccc(Cl)c(S(=O)(=O)N[C@H]2CC[C@H](NC(=O)OC(C)(C)C)CC2)c1. The summed E-state index contributed by atoms with van der Waals surface area (Å²) in [7, 11) is -3.87. The van der Waals surface area contributed by atoms with Gasteiger partial charge in [-0.05, 0) is 71.1 Å². The second kappa shape index (κ2) is 9.82. The molecule has 1 fully saturated rings. The van der Waals surface area contributed by atoms with Crippen molar-refractivity contribution in [3.05, 3.63) is 35.1 Å². The van der Waals surface area contributed by atoms with Gasteiger partial charge in [-0.1, -0.05) is 17.7 Å². The average molecular weight is 496 g/mol. The molecule has 0 atom stereocenters. The largest absolute Gasteiger partial charge is 0.444 e. The lowest BCUT2D eigenvalue weighted by Gasteiger charge is -2.30. The Labute approximate surface area is 199 Å². The van der Waals surface area contributed by atoms with Crippen molar-refractivity contribution in [2.45, 2.75) is 76.0 Å². The number of sulfonamides is 1. The number of carbonyl (C=O) groups excluding carboxylic acids is 1. The Balaban J connectivity index is 1.67. The predicted molar refractivity (Wildman–Crippen MR) is 127 cm³/mol. The molecule has 1 saturated carbocycles. The zero-order valence-corrected chi connectivity index (χ0v) is 20.8. The number of rotatable bonds is 5. The van der Waals surface area contributed by atoms with Gasteiger partial charge in [-0.15, -0.1) is 0 Å². The molecule has 4 N–H and O–H groups in total. The number of nitrogens with one attached hydrogen (secondary N) is 2. The summed E-state index contributed by atoms with van der Waals surface area (Å²) in [6.07, 6.45) is 3.55. The highest BCUT2D eigenvalue weighted by Crippen LogP contribution is 2.30. The summed E-state index contributed by atoms with van der Waals surface area (Å²) in [6.45, 7) is 7.19. The van der Waals surface area contributed by atoms with Gasteiger partial charge in [0.1, 0.15) is 10.5 Å². The molecule has 0 aliphatic heterocycles. The smallest absolute Gasteiger partial charge is 0.407 e. The van der Waals surface area contributed by atoms with E-state index in [9.17, 15) is 13.2 Å². The first-order valence-electron chi connectivity index (χ1n) is 10.7. The highest BCUT2D eigenvalue weighted by molar-refractivity contribution is 7.89. The molecule has 11 heteroatoms. The lowest BCUT2D eigenvalue weighted by molar-refractivity contribution is 0.0490. The fourth-order valence-corrected chi connectivity index (χ4v) is 5.59. The Kier molecular flexibility index (Phi) is 7.50. The molecular weight excluding hydrogens is 466 g/mol. The Morgan fingerprint density at radius 2 is 1.82 bits per heavy atom. The van der Waals surface area contributed by atoms with Crippen LogP contribution in [0, 0.1) is 6.92 Å². The first kappa shape index (κ1) is 25.2. The van der Waals surface area contributed by atoms with Crippen LogP contribution in [0.4, 0.5) is 10.7 Å². The third kappa shape index (κ3) is 6.78. The maximum Gasteiger partial charge on any atom is 0.407 e. The standard InChI is InChI=1S/C22H30ClN5O4S/c1-13-17(12-25-20(24)26-13)14-5-10-18(23)19(11-14)33(30,31)28-16-8-6-15(7-9-16)27-21(29)32-22(2,3)4/h5,10-12,15-16,28H,6-9H2,1-4H3,(H,27,29)(H2,24,25,26)/t15-,16-. The predicted octanol–water partition coefficient (Wildman–Crippen LogP) is 3.80. The second-order valence-corrected chi connectivity index (χ2v) is 11.3. The van der Waals surface area contributed by atoms with Crippen LogP contribution in [0.5, 0.6) is 0 Å². The zero-order valence-electron chi connectivity index (χ0n) is 19.2. The van der Waals surface area contributed by atoms with Crippen LogP contribution in [0.25, 0.3) is 11.1 Å². The number of hydrogen-bond acceptors (Lipinski definition) is 7. The summed E-state index contributed by atoms with van der Waals surface area (Å²) in [6, 6.07) is 4.47. The van der Waals surface area contributed by atoms with Crippen LogP contribution in [-0.4, -0.2) is 42.2 Å². The van der Waals surface area contributed by atoms with Gasteiger partial charge in [0.05, 0.1) is 10.7 Å². The van der Waals surface area contributed by atoms with Crippen LogP contribution in [0.3, 0.4) is 0 Å². The highest BCUT2D eigenvalue weighted by atomic mass is 35.5. The van der Waals surface area contributed by atoms with Crippen molar-refractivity contribution >= 4 is 33.7 Å². The first-order chi connectivity index (χ1) is 15.3. The van der Waals surface area contributed by atoms with Crippen molar-refractivity contribution in [3.8, 4) is 11.1 Å². The number of hydrogen-bond donors (Lipinski definition) is 3. The lowest BCUT2D eigenvalue weighted by atomic mass is 9.92. The average Bonchev–Trinajstić information content (AvgIpc) is 2.68. The van der Waals surface area contributed by atoms with E-state index in [4.69, 9.17) is 22.1 Å². The third-order valence-corrected chi connectivity index (χ3v) is 7.30. The van der Waals surface area contributed by atoms with E-state index >= 15 is 0 Å². The maximum absolute atomic E-state index is 13.1. The number of carbonyl (C=O) groups is 1. The van der Waals surface area contributed by atoms with Crippen molar-refractivity contribution in [2.75, 3.05) is 5.73 Å². The van der Waals surface area contributed by atoms with E-state index in [1.165, 1.54) is 6.07 Å². The molecule has 3 rings (SSSR count). The Hall–Kier alpha value is -2.43. The maximum atomic E-state index is 13.1. The summed E-state index contributed by atoms with van der Waals surface area (Å²) in [5.41, 5.74) is 6.98. The quantitative estimate of drug-likeness (QED) is 0.573. The molecule has 0 saturated heterocycles. The van der Waals surface area contributed by atoms with Gasteiger partial charge in [0.15, 0.2) is 0 Å². The molecule has 0 spiro atoms. The van der Waals surface area contributed by atoms with E-state index in [1.807, 2.05) is 0 Å². The van der Waals surface area contributed by atoms with E-state index in [0.717, 1.165) is 0 Å². The minimum atomic E-state index is -3.87. The molecule has 1 amide bonds. The normalized spacial score (nSPS) is 19.2. The number of amides is 1. The molecule has 33 heavy (non-hydrogen) atoms. The number of anilines is 1. The molecule has 180 valence electrons. The highest BCUT2D eigenvalue weighted by Gasteiger charge is 2.29. The molecule has 0 radical (unpaired) electrons. The second-order valence-electron chi connectivity index (χ2n) is 9.19. The first-order valence-corrected chi connectivity index (χ1v) is 12.6. The fraction of sp³-hybridized carbons (Fsp3) is 0.500. The zero-order chi connectivity index (χ0) is 24.4. The van der Waals surface area contributed by atoms with Gasteiger partial charge in [0.2, 0.25) is 16.0 Å². The van der Waals surface area contributed by atoms with E-state index in [1.54, 1.807) is 46.0 Å². The molecule has 1 aromatic heterocycles. The van der Waals surface area contributed by atoms with Gasteiger partial charge in [0, 0.05) is 23.8 Å². The minimum Gasteiger partial charge on any atom is -0.444 e.